The summed E-state index contributed by atoms with van der Waals surface area (Å²) in [6.45, 7) is 3.35. The first-order chi connectivity index (χ1) is 15.1. The Bertz CT molecular complexity index is 1200. The molecular formula is C24H27N3O3S. The SMILES string of the molecule is COc1ccc(C2CCCN2C(=O)c2sc3nc4n(c(=O)c3c2C)CCCCC4)cc1. The van der Waals surface area contributed by atoms with E-state index in [9.17, 15) is 9.59 Å². The number of hydrogen-bond acceptors (Lipinski definition) is 5. The summed E-state index contributed by atoms with van der Waals surface area (Å²) in [4.78, 5) is 35.0. The number of nitrogens with zero attached hydrogens (tertiary/aromatic N) is 3. The number of thiophene rings is 1. The number of benzene rings is 1. The fraction of sp³-hybridized carbons (Fsp3) is 0.458. The summed E-state index contributed by atoms with van der Waals surface area (Å²) in [5.74, 6) is 1.69. The van der Waals surface area contributed by atoms with Gasteiger partial charge in [-0.25, -0.2) is 4.98 Å². The van der Waals surface area contributed by atoms with Gasteiger partial charge in [0.1, 0.15) is 16.4 Å². The highest BCUT2D eigenvalue weighted by atomic mass is 32.1. The van der Waals surface area contributed by atoms with E-state index in [1.54, 1.807) is 7.11 Å². The molecule has 0 spiro atoms. The van der Waals surface area contributed by atoms with E-state index in [1.165, 1.54) is 11.3 Å². The Labute approximate surface area is 185 Å². The van der Waals surface area contributed by atoms with E-state index < -0.39 is 0 Å². The largest absolute Gasteiger partial charge is 0.497 e. The summed E-state index contributed by atoms with van der Waals surface area (Å²) in [6.07, 6.45) is 5.94. The van der Waals surface area contributed by atoms with Crippen LogP contribution in [0.25, 0.3) is 10.2 Å². The standard InChI is InChI=1S/C24H27N3O3S/c1-15-20-22(25-19-8-4-3-5-13-27(19)23(20)28)31-21(15)24(29)26-14-6-7-18(26)16-9-11-17(30-2)12-10-16/h9-12,18H,3-8,13-14H2,1-2H3. The van der Waals surface area contributed by atoms with Gasteiger partial charge in [0, 0.05) is 19.5 Å². The molecule has 7 heteroatoms. The molecule has 5 rings (SSSR count). The lowest BCUT2D eigenvalue weighted by Crippen LogP contribution is -2.30. The Morgan fingerprint density at radius 3 is 2.71 bits per heavy atom. The molecule has 0 saturated carbocycles. The van der Waals surface area contributed by atoms with Gasteiger partial charge in [0.15, 0.2) is 0 Å². The van der Waals surface area contributed by atoms with Crippen molar-refractivity contribution in [3.63, 3.8) is 0 Å². The van der Waals surface area contributed by atoms with Crippen molar-refractivity contribution in [1.29, 1.82) is 0 Å². The van der Waals surface area contributed by atoms with Gasteiger partial charge in [0.2, 0.25) is 0 Å². The Balaban J connectivity index is 1.52. The van der Waals surface area contributed by atoms with Gasteiger partial charge in [-0.15, -0.1) is 11.3 Å². The van der Waals surface area contributed by atoms with Gasteiger partial charge in [0.05, 0.1) is 23.4 Å². The zero-order chi connectivity index (χ0) is 21.5. The first-order valence-electron chi connectivity index (χ1n) is 11.1. The maximum atomic E-state index is 13.6. The first-order valence-corrected chi connectivity index (χ1v) is 11.9. The highest BCUT2D eigenvalue weighted by Crippen LogP contribution is 2.37. The maximum absolute atomic E-state index is 13.6. The molecule has 0 N–H and O–H groups in total. The molecule has 0 aliphatic carbocycles. The molecule has 3 aromatic rings. The number of carbonyl (C=O) groups is 1. The Morgan fingerprint density at radius 2 is 1.94 bits per heavy atom. The number of carbonyl (C=O) groups excluding carboxylic acids is 1. The zero-order valence-corrected chi connectivity index (χ0v) is 18.8. The third kappa shape index (κ3) is 3.45. The molecule has 4 heterocycles. The van der Waals surface area contributed by atoms with E-state index in [1.807, 2.05) is 40.7 Å². The second-order valence-electron chi connectivity index (χ2n) is 8.46. The molecule has 31 heavy (non-hydrogen) atoms. The Kier molecular flexibility index (Phi) is 5.30. The number of methoxy groups -OCH3 is 1. The van der Waals surface area contributed by atoms with Crippen molar-refractivity contribution in [3.8, 4) is 5.75 Å². The van der Waals surface area contributed by atoms with Crippen LogP contribution in [0.1, 0.15) is 64.8 Å². The van der Waals surface area contributed by atoms with Crippen molar-refractivity contribution in [2.45, 2.75) is 58.0 Å². The van der Waals surface area contributed by atoms with Crippen LogP contribution in [0.4, 0.5) is 0 Å². The summed E-state index contributed by atoms with van der Waals surface area (Å²) in [7, 11) is 1.65. The van der Waals surface area contributed by atoms with Crippen molar-refractivity contribution in [3.05, 3.63) is 56.4 Å². The summed E-state index contributed by atoms with van der Waals surface area (Å²) in [5.41, 5.74) is 1.92. The van der Waals surface area contributed by atoms with Crippen LogP contribution in [0, 0.1) is 6.92 Å². The van der Waals surface area contributed by atoms with Crippen LogP contribution in [0.2, 0.25) is 0 Å². The number of fused-ring (bicyclic) bond motifs is 2. The maximum Gasteiger partial charge on any atom is 0.264 e. The highest BCUT2D eigenvalue weighted by molar-refractivity contribution is 7.20. The van der Waals surface area contributed by atoms with Crippen LogP contribution >= 0.6 is 11.3 Å². The molecule has 1 unspecified atom stereocenters. The second-order valence-corrected chi connectivity index (χ2v) is 9.46. The monoisotopic (exact) mass is 437 g/mol. The molecule has 2 aromatic heterocycles. The number of hydrogen-bond donors (Lipinski definition) is 0. The summed E-state index contributed by atoms with van der Waals surface area (Å²) >= 11 is 1.38. The van der Waals surface area contributed by atoms with Gasteiger partial charge in [-0.3, -0.25) is 14.2 Å². The normalized spacial score (nSPS) is 18.8. The first kappa shape index (κ1) is 20.2. The smallest absolute Gasteiger partial charge is 0.264 e. The summed E-state index contributed by atoms with van der Waals surface area (Å²) < 4.78 is 7.10. The minimum absolute atomic E-state index is 0.0124. The van der Waals surface area contributed by atoms with E-state index in [4.69, 9.17) is 9.72 Å². The van der Waals surface area contributed by atoms with Crippen molar-refractivity contribution in [2.24, 2.45) is 0 Å². The lowest BCUT2D eigenvalue weighted by atomic mass is 10.0. The summed E-state index contributed by atoms with van der Waals surface area (Å²) in [6, 6.07) is 8.02. The molecule has 6 nitrogen and oxygen atoms in total. The quantitative estimate of drug-likeness (QED) is 0.606. The minimum atomic E-state index is 0.0124. The topological polar surface area (TPSA) is 64.4 Å². The molecule has 0 bridgehead atoms. The van der Waals surface area contributed by atoms with Crippen LogP contribution in [0.5, 0.6) is 5.75 Å². The Hall–Kier alpha value is -2.67. The average Bonchev–Trinajstić information content (AvgIpc) is 3.32. The van der Waals surface area contributed by atoms with E-state index in [2.05, 4.69) is 0 Å². The van der Waals surface area contributed by atoms with Crippen LogP contribution < -0.4 is 10.3 Å². The van der Waals surface area contributed by atoms with E-state index >= 15 is 0 Å². The number of amides is 1. The second kappa shape index (κ2) is 8.11. The van der Waals surface area contributed by atoms with Gasteiger partial charge in [-0.1, -0.05) is 18.6 Å². The van der Waals surface area contributed by atoms with Crippen molar-refractivity contribution in [1.82, 2.24) is 14.5 Å². The lowest BCUT2D eigenvalue weighted by Gasteiger charge is -2.25. The van der Waals surface area contributed by atoms with Gasteiger partial charge < -0.3 is 9.64 Å². The molecule has 2 aliphatic heterocycles. The summed E-state index contributed by atoms with van der Waals surface area (Å²) in [5, 5.41) is 0.624. The third-order valence-corrected chi connectivity index (χ3v) is 7.79. The number of ether oxygens (including phenoxy) is 1. The predicted molar refractivity (Wildman–Crippen MR) is 122 cm³/mol. The number of aryl methyl sites for hydroxylation is 2. The fourth-order valence-electron chi connectivity index (χ4n) is 4.93. The Morgan fingerprint density at radius 1 is 1.13 bits per heavy atom. The van der Waals surface area contributed by atoms with Gasteiger partial charge in [-0.05, 0) is 55.9 Å². The van der Waals surface area contributed by atoms with Crippen molar-refractivity contribution >= 4 is 27.5 Å². The van der Waals surface area contributed by atoms with Gasteiger partial charge >= 0.3 is 0 Å². The molecule has 162 valence electrons. The fourth-order valence-corrected chi connectivity index (χ4v) is 6.07. The third-order valence-electron chi connectivity index (χ3n) is 6.62. The highest BCUT2D eigenvalue weighted by Gasteiger charge is 2.33. The predicted octanol–water partition coefficient (Wildman–Crippen LogP) is 4.48. The molecule has 1 amide bonds. The number of rotatable bonds is 3. The molecule has 0 radical (unpaired) electrons. The van der Waals surface area contributed by atoms with Crippen LogP contribution in [-0.2, 0) is 13.0 Å². The minimum Gasteiger partial charge on any atom is -0.497 e. The molecular weight excluding hydrogens is 410 g/mol. The van der Waals surface area contributed by atoms with Gasteiger partial charge in [-0.2, -0.15) is 0 Å². The molecule has 1 fully saturated rings. The zero-order valence-electron chi connectivity index (χ0n) is 18.0. The molecule has 1 atom stereocenters. The van der Waals surface area contributed by atoms with Crippen LogP contribution in [0.3, 0.4) is 0 Å². The average molecular weight is 438 g/mol. The van der Waals surface area contributed by atoms with E-state index in [0.717, 1.165) is 74.3 Å². The lowest BCUT2D eigenvalue weighted by molar-refractivity contribution is 0.0740. The number of aromatic nitrogens is 2. The number of likely N-dealkylation sites (tertiary alicyclic amines) is 1. The van der Waals surface area contributed by atoms with E-state index in [-0.39, 0.29) is 17.5 Å². The van der Waals surface area contributed by atoms with Crippen molar-refractivity contribution in [2.75, 3.05) is 13.7 Å². The van der Waals surface area contributed by atoms with Gasteiger partial charge in [0.25, 0.3) is 11.5 Å². The van der Waals surface area contributed by atoms with Crippen molar-refractivity contribution < 1.29 is 9.53 Å². The van der Waals surface area contributed by atoms with Crippen LogP contribution in [-0.4, -0.2) is 34.0 Å². The van der Waals surface area contributed by atoms with Crippen LogP contribution in [0.15, 0.2) is 29.1 Å². The molecule has 1 saturated heterocycles. The van der Waals surface area contributed by atoms with E-state index in [0.29, 0.717) is 15.1 Å². The molecule has 1 aromatic carbocycles. The molecule has 2 aliphatic rings.